The summed E-state index contributed by atoms with van der Waals surface area (Å²) in [5, 5.41) is 0. The quantitative estimate of drug-likeness (QED) is 0.568. The number of ether oxygens (including phenoxy) is 2. The Morgan fingerprint density at radius 1 is 1.26 bits per heavy atom. The van der Waals surface area contributed by atoms with Crippen LogP contribution in [0.2, 0.25) is 0 Å². The van der Waals surface area contributed by atoms with Gasteiger partial charge in [-0.15, -0.1) is 0 Å². The molecule has 0 aromatic rings. The van der Waals surface area contributed by atoms with E-state index in [4.69, 9.17) is 9.47 Å². The molecule has 3 fully saturated rings. The molecule has 3 heteroatoms. The van der Waals surface area contributed by atoms with Gasteiger partial charge in [-0.05, 0) is 18.8 Å². The predicted octanol–water partition coefficient (Wildman–Crippen LogP) is 3.31. The maximum absolute atomic E-state index is 11.4. The molecule has 108 valence electrons. The first-order chi connectivity index (χ1) is 8.92. The third kappa shape index (κ3) is 1.70. The lowest BCUT2D eigenvalue weighted by atomic mass is 9.65. The maximum Gasteiger partial charge on any atom is 0.303 e. The summed E-state index contributed by atoms with van der Waals surface area (Å²) >= 11 is 0. The van der Waals surface area contributed by atoms with E-state index in [1.165, 1.54) is 32.6 Å². The fraction of sp³-hybridized carbons (Fsp3) is 0.938. The van der Waals surface area contributed by atoms with Crippen molar-refractivity contribution in [3.63, 3.8) is 0 Å². The van der Waals surface area contributed by atoms with Gasteiger partial charge in [0.2, 0.25) is 0 Å². The first-order valence-electron chi connectivity index (χ1n) is 7.77. The van der Waals surface area contributed by atoms with Gasteiger partial charge >= 0.3 is 5.97 Å². The van der Waals surface area contributed by atoms with Crippen LogP contribution < -0.4 is 0 Å². The van der Waals surface area contributed by atoms with Gasteiger partial charge in [-0.25, -0.2) is 0 Å². The smallest absolute Gasteiger partial charge is 0.303 e. The Morgan fingerprint density at radius 3 is 2.58 bits per heavy atom. The number of epoxide rings is 1. The Balaban J connectivity index is 1.96. The number of carbonyl (C=O) groups excluding carboxylic acids is 1. The van der Waals surface area contributed by atoms with Crippen LogP contribution in [0.3, 0.4) is 0 Å². The highest BCUT2D eigenvalue weighted by Gasteiger charge is 2.79. The Kier molecular flexibility index (Phi) is 2.97. The second kappa shape index (κ2) is 4.21. The monoisotopic (exact) mass is 266 g/mol. The van der Waals surface area contributed by atoms with Crippen molar-refractivity contribution in [2.75, 3.05) is 0 Å². The van der Waals surface area contributed by atoms with Crippen LogP contribution in [-0.2, 0) is 14.3 Å². The SMILES string of the molecule is CC(=O)O[C@H]1[C@H]2O[C@]23CCCCC[C@]3(C)[C@H]1C(C)C. The van der Waals surface area contributed by atoms with Gasteiger partial charge in [0, 0.05) is 18.3 Å². The molecule has 0 radical (unpaired) electrons. The van der Waals surface area contributed by atoms with Crippen molar-refractivity contribution in [3.05, 3.63) is 0 Å². The van der Waals surface area contributed by atoms with E-state index in [2.05, 4.69) is 20.8 Å². The van der Waals surface area contributed by atoms with Crippen molar-refractivity contribution in [1.29, 1.82) is 0 Å². The minimum absolute atomic E-state index is 0.0125. The average molecular weight is 266 g/mol. The van der Waals surface area contributed by atoms with Crippen molar-refractivity contribution < 1.29 is 14.3 Å². The highest BCUT2D eigenvalue weighted by atomic mass is 16.7. The van der Waals surface area contributed by atoms with Gasteiger partial charge in [0.15, 0.2) is 0 Å². The first kappa shape index (κ1) is 13.4. The number of hydrogen-bond acceptors (Lipinski definition) is 3. The number of hydrogen-bond donors (Lipinski definition) is 0. The van der Waals surface area contributed by atoms with Gasteiger partial charge in [0.05, 0.1) is 0 Å². The molecule has 0 aromatic carbocycles. The van der Waals surface area contributed by atoms with Crippen molar-refractivity contribution in [2.24, 2.45) is 17.3 Å². The van der Waals surface area contributed by atoms with E-state index < -0.39 is 0 Å². The summed E-state index contributed by atoms with van der Waals surface area (Å²) < 4.78 is 11.8. The van der Waals surface area contributed by atoms with E-state index in [-0.39, 0.29) is 29.2 Å². The molecule has 0 unspecified atom stereocenters. The van der Waals surface area contributed by atoms with Crippen LogP contribution >= 0.6 is 0 Å². The summed E-state index contributed by atoms with van der Waals surface area (Å²) in [5.74, 6) is 0.801. The molecule has 2 saturated carbocycles. The minimum atomic E-state index is -0.165. The lowest BCUT2D eigenvalue weighted by molar-refractivity contribution is -0.156. The average Bonchev–Trinajstić information content (AvgIpc) is 3.01. The predicted molar refractivity (Wildman–Crippen MR) is 72.7 cm³/mol. The summed E-state index contributed by atoms with van der Waals surface area (Å²) in [6, 6.07) is 0. The summed E-state index contributed by atoms with van der Waals surface area (Å²) in [6.07, 6.45) is 6.34. The lowest BCUT2D eigenvalue weighted by Gasteiger charge is -2.41. The molecule has 3 rings (SSSR count). The standard InChI is InChI=1S/C16H26O3/c1-10(2)12-13(18-11(3)17)14-16(19-14)9-7-5-6-8-15(12,16)4/h10,12-14H,5-9H2,1-4H3/t12-,13+,14+,15+,16+/m0/s1. The number of rotatable bonds is 2. The molecule has 0 amide bonds. The molecule has 0 aromatic heterocycles. The van der Waals surface area contributed by atoms with Crippen LogP contribution in [0.5, 0.6) is 0 Å². The Morgan fingerprint density at radius 2 is 1.95 bits per heavy atom. The molecule has 3 aliphatic rings. The number of esters is 1. The largest absolute Gasteiger partial charge is 0.459 e. The van der Waals surface area contributed by atoms with E-state index in [0.717, 1.165) is 6.42 Å². The van der Waals surface area contributed by atoms with E-state index >= 15 is 0 Å². The zero-order chi connectivity index (χ0) is 13.8. The zero-order valence-electron chi connectivity index (χ0n) is 12.6. The van der Waals surface area contributed by atoms with Crippen LogP contribution in [0.1, 0.15) is 59.8 Å². The van der Waals surface area contributed by atoms with Gasteiger partial charge < -0.3 is 9.47 Å². The summed E-state index contributed by atoms with van der Waals surface area (Å²) in [5.41, 5.74) is 0.195. The highest BCUT2D eigenvalue weighted by molar-refractivity contribution is 5.66. The molecular formula is C16H26O3. The van der Waals surface area contributed by atoms with Crippen molar-refractivity contribution in [2.45, 2.75) is 77.6 Å². The fourth-order valence-corrected chi connectivity index (χ4v) is 5.18. The molecule has 19 heavy (non-hydrogen) atoms. The molecule has 3 nitrogen and oxygen atoms in total. The van der Waals surface area contributed by atoms with Gasteiger partial charge in [-0.3, -0.25) is 4.79 Å². The third-order valence-electron chi connectivity index (χ3n) is 5.86. The molecule has 1 spiro atoms. The van der Waals surface area contributed by atoms with E-state index in [1.54, 1.807) is 0 Å². The van der Waals surface area contributed by atoms with Crippen LogP contribution in [0.4, 0.5) is 0 Å². The number of carbonyl (C=O) groups is 1. The third-order valence-corrected chi connectivity index (χ3v) is 5.86. The van der Waals surface area contributed by atoms with Gasteiger partial charge in [-0.1, -0.05) is 40.0 Å². The molecule has 0 N–H and O–H groups in total. The Labute approximate surface area is 116 Å². The summed E-state index contributed by atoms with van der Waals surface area (Å²) in [4.78, 5) is 11.4. The van der Waals surface area contributed by atoms with E-state index in [9.17, 15) is 4.79 Å². The molecular weight excluding hydrogens is 240 g/mol. The normalized spacial score (nSPS) is 48.4. The topological polar surface area (TPSA) is 38.8 Å². The molecule has 0 bridgehead atoms. The Bertz CT molecular complexity index is 391. The molecule has 5 atom stereocenters. The van der Waals surface area contributed by atoms with Crippen LogP contribution in [-0.4, -0.2) is 23.8 Å². The van der Waals surface area contributed by atoms with Gasteiger partial charge in [-0.2, -0.15) is 0 Å². The summed E-state index contributed by atoms with van der Waals surface area (Å²) in [6.45, 7) is 8.42. The molecule has 1 aliphatic heterocycles. The van der Waals surface area contributed by atoms with E-state index in [1.807, 2.05) is 0 Å². The van der Waals surface area contributed by atoms with Crippen molar-refractivity contribution in [3.8, 4) is 0 Å². The van der Waals surface area contributed by atoms with Gasteiger partial charge in [0.25, 0.3) is 0 Å². The van der Waals surface area contributed by atoms with Crippen molar-refractivity contribution >= 4 is 5.97 Å². The van der Waals surface area contributed by atoms with Crippen LogP contribution in [0, 0.1) is 17.3 Å². The lowest BCUT2D eigenvalue weighted by Crippen LogP contribution is -2.43. The molecule has 2 aliphatic carbocycles. The van der Waals surface area contributed by atoms with E-state index in [0.29, 0.717) is 11.8 Å². The maximum atomic E-state index is 11.4. The van der Waals surface area contributed by atoms with Crippen LogP contribution in [0.25, 0.3) is 0 Å². The summed E-state index contributed by atoms with van der Waals surface area (Å²) in [7, 11) is 0. The Hall–Kier alpha value is -0.570. The second-order valence-electron chi connectivity index (χ2n) is 7.25. The minimum Gasteiger partial charge on any atom is -0.459 e. The van der Waals surface area contributed by atoms with Crippen molar-refractivity contribution in [1.82, 2.24) is 0 Å². The molecule has 1 saturated heterocycles. The fourth-order valence-electron chi connectivity index (χ4n) is 5.18. The first-order valence-corrected chi connectivity index (χ1v) is 7.77. The zero-order valence-corrected chi connectivity index (χ0v) is 12.6. The molecule has 1 heterocycles. The van der Waals surface area contributed by atoms with Gasteiger partial charge in [0.1, 0.15) is 17.8 Å². The highest BCUT2D eigenvalue weighted by Crippen LogP contribution is 2.70. The van der Waals surface area contributed by atoms with Crippen LogP contribution in [0.15, 0.2) is 0 Å². The second-order valence-corrected chi connectivity index (χ2v) is 7.25.